The van der Waals surface area contributed by atoms with E-state index in [9.17, 15) is 4.79 Å². The highest BCUT2D eigenvalue weighted by atomic mass is 16.2. The summed E-state index contributed by atoms with van der Waals surface area (Å²) in [4.78, 5) is 16.3. The summed E-state index contributed by atoms with van der Waals surface area (Å²) < 4.78 is 1.92. The molecule has 1 atom stereocenters. The number of carbonyl (C=O) groups is 1. The van der Waals surface area contributed by atoms with E-state index < -0.39 is 0 Å². The first-order chi connectivity index (χ1) is 9.65. The summed E-state index contributed by atoms with van der Waals surface area (Å²) in [6, 6.07) is 7.81. The van der Waals surface area contributed by atoms with Gasteiger partial charge in [-0.05, 0) is 26.0 Å². The van der Waals surface area contributed by atoms with E-state index in [1.54, 1.807) is 12.5 Å². The van der Waals surface area contributed by atoms with E-state index in [-0.39, 0.29) is 11.8 Å². The molecule has 0 fully saturated rings. The zero-order valence-corrected chi connectivity index (χ0v) is 11.5. The van der Waals surface area contributed by atoms with Gasteiger partial charge in [0.15, 0.2) is 0 Å². The molecule has 2 aromatic rings. The van der Waals surface area contributed by atoms with Crippen LogP contribution in [0.25, 0.3) is 0 Å². The molecule has 1 aromatic heterocycles. The molecule has 1 unspecified atom stereocenters. The largest absolute Gasteiger partial charge is 0.332 e. The standard InChI is InChI=1S/C15H16N4O/c1-11-3-5-13(6-4-11)19-15(20)12(2)14(17-19)9-18-8-7-16-10-18/h3-8,10,12H,9H2,1-2H3. The Bertz CT molecular complexity index is 643. The monoisotopic (exact) mass is 268 g/mol. The number of hydrogen-bond donors (Lipinski definition) is 0. The van der Waals surface area contributed by atoms with Gasteiger partial charge in [-0.2, -0.15) is 5.10 Å². The van der Waals surface area contributed by atoms with Crippen LogP contribution < -0.4 is 5.01 Å². The lowest BCUT2D eigenvalue weighted by molar-refractivity contribution is -0.119. The second kappa shape index (κ2) is 4.92. The molecule has 3 rings (SSSR count). The van der Waals surface area contributed by atoms with Crippen LogP contribution >= 0.6 is 0 Å². The fourth-order valence-corrected chi connectivity index (χ4v) is 2.20. The number of anilines is 1. The summed E-state index contributed by atoms with van der Waals surface area (Å²) in [6.45, 7) is 4.51. The van der Waals surface area contributed by atoms with Crippen LogP contribution in [0.2, 0.25) is 0 Å². The molecular weight excluding hydrogens is 252 g/mol. The van der Waals surface area contributed by atoms with Crippen LogP contribution in [0.1, 0.15) is 12.5 Å². The van der Waals surface area contributed by atoms with Crippen LogP contribution in [-0.4, -0.2) is 21.2 Å². The third-order valence-electron chi connectivity index (χ3n) is 3.49. The SMILES string of the molecule is Cc1ccc(N2N=C(Cn3ccnc3)C(C)C2=O)cc1. The molecule has 102 valence electrons. The summed E-state index contributed by atoms with van der Waals surface area (Å²) in [5.74, 6) is -0.178. The van der Waals surface area contributed by atoms with Crippen LogP contribution in [0.15, 0.2) is 48.1 Å². The topological polar surface area (TPSA) is 50.5 Å². The zero-order valence-electron chi connectivity index (χ0n) is 11.5. The first-order valence-electron chi connectivity index (χ1n) is 6.59. The Morgan fingerprint density at radius 3 is 2.65 bits per heavy atom. The smallest absolute Gasteiger partial charge is 0.256 e. The predicted octanol–water partition coefficient (Wildman–Crippen LogP) is 2.23. The Hall–Kier alpha value is -2.43. The molecule has 0 saturated heterocycles. The van der Waals surface area contributed by atoms with Crippen LogP contribution in [0.5, 0.6) is 0 Å². The molecule has 0 radical (unpaired) electrons. The minimum absolute atomic E-state index is 0.0176. The number of imidazole rings is 1. The molecule has 5 nitrogen and oxygen atoms in total. The predicted molar refractivity (Wildman–Crippen MR) is 77.5 cm³/mol. The van der Waals surface area contributed by atoms with E-state index in [4.69, 9.17) is 0 Å². The van der Waals surface area contributed by atoms with Crippen LogP contribution in [-0.2, 0) is 11.3 Å². The molecule has 20 heavy (non-hydrogen) atoms. The molecule has 1 aliphatic rings. The quantitative estimate of drug-likeness (QED) is 0.857. The third-order valence-corrected chi connectivity index (χ3v) is 3.49. The van der Waals surface area contributed by atoms with Gasteiger partial charge >= 0.3 is 0 Å². The molecule has 1 aliphatic heterocycles. The Balaban J connectivity index is 1.87. The molecule has 0 saturated carbocycles. The average Bonchev–Trinajstić information content (AvgIpc) is 3.04. The van der Waals surface area contributed by atoms with Crippen molar-refractivity contribution in [3.05, 3.63) is 48.5 Å². The van der Waals surface area contributed by atoms with Crippen molar-refractivity contribution < 1.29 is 4.79 Å². The summed E-state index contributed by atoms with van der Waals surface area (Å²) in [6.07, 6.45) is 5.32. The number of benzene rings is 1. The summed E-state index contributed by atoms with van der Waals surface area (Å²) in [5, 5.41) is 5.97. The zero-order chi connectivity index (χ0) is 14.1. The minimum atomic E-state index is -0.196. The second-order valence-corrected chi connectivity index (χ2v) is 5.03. The highest BCUT2D eigenvalue weighted by Crippen LogP contribution is 2.24. The van der Waals surface area contributed by atoms with Gasteiger partial charge < -0.3 is 4.57 Å². The fraction of sp³-hybridized carbons (Fsp3) is 0.267. The molecule has 0 N–H and O–H groups in total. The van der Waals surface area contributed by atoms with Gasteiger partial charge in [0.05, 0.1) is 30.2 Å². The molecule has 1 amide bonds. The highest BCUT2D eigenvalue weighted by molar-refractivity contribution is 6.15. The van der Waals surface area contributed by atoms with E-state index in [0.29, 0.717) is 6.54 Å². The number of hydrogen-bond acceptors (Lipinski definition) is 3. The molecule has 0 bridgehead atoms. The van der Waals surface area contributed by atoms with E-state index in [0.717, 1.165) is 17.0 Å². The normalized spacial score (nSPS) is 18.5. The Morgan fingerprint density at radius 1 is 1.25 bits per heavy atom. The van der Waals surface area contributed by atoms with Gasteiger partial charge in [0.2, 0.25) is 0 Å². The van der Waals surface area contributed by atoms with E-state index in [1.165, 1.54) is 5.01 Å². The van der Waals surface area contributed by atoms with Gasteiger partial charge in [-0.1, -0.05) is 17.7 Å². The van der Waals surface area contributed by atoms with Gasteiger partial charge in [0.25, 0.3) is 5.91 Å². The Kier molecular flexibility index (Phi) is 3.10. The van der Waals surface area contributed by atoms with Crippen molar-refractivity contribution in [3.8, 4) is 0 Å². The van der Waals surface area contributed by atoms with Crippen molar-refractivity contribution in [2.75, 3.05) is 5.01 Å². The number of hydrazone groups is 1. The lowest BCUT2D eigenvalue weighted by atomic mass is 10.1. The summed E-state index contributed by atoms with van der Waals surface area (Å²) in [7, 11) is 0. The molecule has 2 heterocycles. The van der Waals surface area contributed by atoms with Crippen molar-refractivity contribution in [1.29, 1.82) is 0 Å². The molecule has 5 heteroatoms. The number of rotatable bonds is 3. The van der Waals surface area contributed by atoms with Gasteiger partial charge in [0, 0.05) is 12.4 Å². The van der Waals surface area contributed by atoms with Crippen molar-refractivity contribution in [3.63, 3.8) is 0 Å². The van der Waals surface area contributed by atoms with Crippen molar-refractivity contribution >= 4 is 17.3 Å². The van der Waals surface area contributed by atoms with Crippen molar-refractivity contribution in [2.24, 2.45) is 11.0 Å². The van der Waals surface area contributed by atoms with E-state index >= 15 is 0 Å². The number of nitrogens with zero attached hydrogens (tertiary/aromatic N) is 4. The first-order valence-corrected chi connectivity index (χ1v) is 6.59. The number of carbonyl (C=O) groups excluding carboxylic acids is 1. The summed E-state index contributed by atoms with van der Waals surface area (Å²) in [5.41, 5.74) is 2.83. The number of aryl methyl sites for hydroxylation is 1. The Morgan fingerprint density at radius 2 is 2.00 bits per heavy atom. The van der Waals surface area contributed by atoms with Crippen LogP contribution in [0.3, 0.4) is 0 Å². The van der Waals surface area contributed by atoms with Crippen molar-refractivity contribution in [1.82, 2.24) is 9.55 Å². The maximum absolute atomic E-state index is 12.3. The molecule has 0 aliphatic carbocycles. The number of amides is 1. The first kappa shape index (κ1) is 12.6. The number of aromatic nitrogens is 2. The van der Waals surface area contributed by atoms with Crippen LogP contribution in [0.4, 0.5) is 5.69 Å². The van der Waals surface area contributed by atoms with E-state index in [1.807, 2.05) is 48.9 Å². The third kappa shape index (κ3) is 2.22. The van der Waals surface area contributed by atoms with Gasteiger partial charge in [-0.15, -0.1) is 0 Å². The molecule has 1 aromatic carbocycles. The van der Waals surface area contributed by atoms with Crippen molar-refractivity contribution in [2.45, 2.75) is 20.4 Å². The van der Waals surface area contributed by atoms with Gasteiger partial charge in [-0.3, -0.25) is 4.79 Å². The fourth-order valence-electron chi connectivity index (χ4n) is 2.20. The van der Waals surface area contributed by atoms with Gasteiger partial charge in [-0.25, -0.2) is 9.99 Å². The maximum atomic E-state index is 12.3. The average molecular weight is 268 g/mol. The van der Waals surface area contributed by atoms with E-state index in [2.05, 4.69) is 10.1 Å². The molecular formula is C15H16N4O. The summed E-state index contributed by atoms with van der Waals surface area (Å²) >= 11 is 0. The lowest BCUT2D eigenvalue weighted by Crippen LogP contribution is -2.26. The Labute approximate surface area is 117 Å². The minimum Gasteiger partial charge on any atom is -0.332 e. The van der Waals surface area contributed by atoms with Gasteiger partial charge in [0.1, 0.15) is 0 Å². The second-order valence-electron chi connectivity index (χ2n) is 5.03. The lowest BCUT2D eigenvalue weighted by Gasteiger charge is -2.12. The van der Waals surface area contributed by atoms with Crippen LogP contribution in [0, 0.1) is 12.8 Å². The molecule has 0 spiro atoms. The maximum Gasteiger partial charge on any atom is 0.256 e. The highest BCUT2D eigenvalue weighted by Gasteiger charge is 2.33.